The van der Waals surface area contributed by atoms with Gasteiger partial charge < -0.3 is 19.9 Å². The summed E-state index contributed by atoms with van der Waals surface area (Å²) in [6.45, 7) is 9.33. The Balaban J connectivity index is 2.51. The molecule has 0 fully saturated rings. The summed E-state index contributed by atoms with van der Waals surface area (Å²) in [5, 5.41) is 13.2. The summed E-state index contributed by atoms with van der Waals surface area (Å²) in [5.41, 5.74) is 0.492. The summed E-state index contributed by atoms with van der Waals surface area (Å²) in [4.78, 5) is 0. The second-order valence-electron chi connectivity index (χ2n) is 5.66. The van der Waals surface area contributed by atoms with Crippen LogP contribution in [0.1, 0.15) is 26.3 Å². The van der Waals surface area contributed by atoms with Crippen molar-refractivity contribution in [1.82, 2.24) is 5.32 Å². The number of aliphatic hydroxyl groups is 1. The summed E-state index contributed by atoms with van der Waals surface area (Å²) >= 11 is 0. The van der Waals surface area contributed by atoms with Crippen molar-refractivity contribution in [3.05, 3.63) is 35.9 Å². The molecule has 0 radical (unpaired) electrons. The van der Waals surface area contributed by atoms with E-state index >= 15 is 0 Å². The normalized spacial score (nSPS) is 14.3. The Hall–Kier alpha value is -0.940. The minimum absolute atomic E-state index is 0.00228. The lowest BCUT2D eigenvalue weighted by molar-refractivity contribution is -0.00232. The van der Waals surface area contributed by atoms with Gasteiger partial charge in [-0.3, -0.25) is 0 Å². The molecule has 0 heterocycles. The molecule has 4 heteroatoms. The third-order valence-electron chi connectivity index (χ3n) is 3.28. The molecule has 1 aromatic carbocycles. The fourth-order valence-corrected chi connectivity index (χ4v) is 2.21. The van der Waals surface area contributed by atoms with E-state index in [-0.39, 0.29) is 6.61 Å². The Labute approximate surface area is 128 Å². The molecule has 0 aromatic heterocycles. The zero-order chi connectivity index (χ0) is 15.6. The van der Waals surface area contributed by atoms with Crippen LogP contribution in [0.2, 0.25) is 0 Å². The maximum atomic E-state index is 9.86. The summed E-state index contributed by atoms with van der Waals surface area (Å²) in [5.74, 6) is 0.535. The van der Waals surface area contributed by atoms with Crippen LogP contribution in [-0.4, -0.2) is 44.7 Å². The van der Waals surface area contributed by atoms with Crippen LogP contribution in [0.15, 0.2) is 30.3 Å². The van der Waals surface area contributed by atoms with E-state index in [2.05, 4.69) is 19.2 Å². The zero-order valence-electron chi connectivity index (χ0n) is 13.5. The first kappa shape index (κ1) is 18.1. The SMILES string of the molecule is CCNC(CO)(COCCOCC(C)C)c1ccccc1. The number of nitrogens with one attached hydrogen (secondary N) is 1. The molecule has 0 aliphatic rings. The minimum atomic E-state index is -0.548. The average Bonchev–Trinajstić information content (AvgIpc) is 2.50. The Morgan fingerprint density at radius 2 is 1.81 bits per heavy atom. The van der Waals surface area contributed by atoms with Gasteiger partial charge in [-0.05, 0) is 18.0 Å². The highest BCUT2D eigenvalue weighted by atomic mass is 16.5. The zero-order valence-corrected chi connectivity index (χ0v) is 13.5. The van der Waals surface area contributed by atoms with Crippen molar-refractivity contribution >= 4 is 0 Å². The molecule has 0 amide bonds. The first-order chi connectivity index (χ1) is 10.1. The standard InChI is InChI=1S/C17H29NO3/c1-4-18-17(13-19,16-8-6-5-7-9-16)14-21-11-10-20-12-15(2)3/h5-9,15,18-19H,4,10-14H2,1-3H3. The third kappa shape index (κ3) is 6.14. The van der Waals surface area contributed by atoms with Gasteiger partial charge in [0, 0.05) is 6.61 Å². The van der Waals surface area contributed by atoms with E-state index in [1.807, 2.05) is 37.3 Å². The van der Waals surface area contributed by atoms with E-state index in [0.29, 0.717) is 25.7 Å². The fraction of sp³-hybridized carbons (Fsp3) is 0.647. The molecule has 0 spiro atoms. The smallest absolute Gasteiger partial charge is 0.0905 e. The van der Waals surface area contributed by atoms with Gasteiger partial charge in [0.05, 0.1) is 32.0 Å². The van der Waals surface area contributed by atoms with Gasteiger partial charge in [-0.2, -0.15) is 0 Å². The van der Waals surface area contributed by atoms with Crippen LogP contribution in [0.5, 0.6) is 0 Å². The highest BCUT2D eigenvalue weighted by molar-refractivity contribution is 5.25. The second kappa shape index (κ2) is 9.90. The predicted octanol–water partition coefficient (Wildman–Crippen LogP) is 2.17. The number of benzene rings is 1. The van der Waals surface area contributed by atoms with Crippen molar-refractivity contribution in [3.8, 4) is 0 Å². The van der Waals surface area contributed by atoms with Crippen LogP contribution in [0.25, 0.3) is 0 Å². The highest BCUT2D eigenvalue weighted by Gasteiger charge is 2.30. The van der Waals surface area contributed by atoms with Crippen LogP contribution in [-0.2, 0) is 15.0 Å². The van der Waals surface area contributed by atoms with Gasteiger partial charge in [0.2, 0.25) is 0 Å². The van der Waals surface area contributed by atoms with Crippen molar-refractivity contribution in [2.24, 2.45) is 5.92 Å². The molecule has 0 aliphatic heterocycles. The minimum Gasteiger partial charge on any atom is -0.394 e. The Kier molecular flexibility index (Phi) is 8.54. The van der Waals surface area contributed by atoms with Gasteiger partial charge in [0.15, 0.2) is 0 Å². The van der Waals surface area contributed by atoms with Crippen LogP contribution < -0.4 is 5.32 Å². The number of ether oxygens (including phenoxy) is 2. The van der Waals surface area contributed by atoms with Crippen molar-refractivity contribution in [1.29, 1.82) is 0 Å². The molecule has 0 saturated heterocycles. The van der Waals surface area contributed by atoms with E-state index in [0.717, 1.165) is 18.7 Å². The van der Waals surface area contributed by atoms with Gasteiger partial charge in [-0.25, -0.2) is 0 Å². The van der Waals surface area contributed by atoms with Crippen molar-refractivity contribution < 1.29 is 14.6 Å². The largest absolute Gasteiger partial charge is 0.394 e. The molecule has 1 unspecified atom stereocenters. The number of aliphatic hydroxyl groups excluding tert-OH is 1. The van der Waals surface area contributed by atoms with E-state index in [1.165, 1.54) is 0 Å². The predicted molar refractivity (Wildman–Crippen MR) is 85.4 cm³/mol. The Morgan fingerprint density at radius 3 is 2.38 bits per heavy atom. The first-order valence-electron chi connectivity index (χ1n) is 7.71. The monoisotopic (exact) mass is 295 g/mol. The molecule has 0 saturated carbocycles. The maximum absolute atomic E-state index is 9.86. The summed E-state index contributed by atoms with van der Waals surface area (Å²) in [7, 11) is 0. The third-order valence-corrected chi connectivity index (χ3v) is 3.28. The van der Waals surface area contributed by atoms with Crippen molar-refractivity contribution in [2.45, 2.75) is 26.3 Å². The fourth-order valence-electron chi connectivity index (χ4n) is 2.21. The molecule has 0 aliphatic carbocycles. The molecule has 21 heavy (non-hydrogen) atoms. The average molecular weight is 295 g/mol. The second-order valence-corrected chi connectivity index (χ2v) is 5.66. The van der Waals surface area contributed by atoms with Crippen molar-refractivity contribution in [3.63, 3.8) is 0 Å². The van der Waals surface area contributed by atoms with E-state index in [9.17, 15) is 5.11 Å². The number of hydrogen-bond donors (Lipinski definition) is 2. The molecule has 4 nitrogen and oxygen atoms in total. The van der Waals surface area contributed by atoms with Gasteiger partial charge in [-0.1, -0.05) is 51.1 Å². The Bertz CT molecular complexity index is 370. The quantitative estimate of drug-likeness (QED) is 0.614. The molecule has 1 rings (SSSR count). The van der Waals surface area contributed by atoms with Gasteiger partial charge >= 0.3 is 0 Å². The highest BCUT2D eigenvalue weighted by Crippen LogP contribution is 2.21. The maximum Gasteiger partial charge on any atom is 0.0905 e. The number of hydrogen-bond acceptors (Lipinski definition) is 4. The van der Waals surface area contributed by atoms with E-state index < -0.39 is 5.54 Å². The van der Waals surface area contributed by atoms with Crippen molar-refractivity contribution in [2.75, 3.05) is 39.6 Å². The lowest BCUT2D eigenvalue weighted by Crippen LogP contribution is -2.49. The summed E-state index contributed by atoms with van der Waals surface area (Å²) in [6.07, 6.45) is 0. The summed E-state index contributed by atoms with van der Waals surface area (Å²) in [6, 6.07) is 9.94. The molecular formula is C17H29NO3. The molecule has 0 bridgehead atoms. The number of rotatable bonds is 11. The Morgan fingerprint density at radius 1 is 1.14 bits per heavy atom. The van der Waals surface area contributed by atoms with Gasteiger partial charge in [0.1, 0.15) is 0 Å². The van der Waals surface area contributed by atoms with E-state index in [1.54, 1.807) is 0 Å². The topological polar surface area (TPSA) is 50.7 Å². The summed E-state index contributed by atoms with van der Waals surface area (Å²) < 4.78 is 11.2. The molecule has 1 atom stereocenters. The molecular weight excluding hydrogens is 266 g/mol. The molecule has 2 N–H and O–H groups in total. The lowest BCUT2D eigenvalue weighted by Gasteiger charge is -2.33. The van der Waals surface area contributed by atoms with Crippen LogP contribution in [0.3, 0.4) is 0 Å². The molecule has 1 aromatic rings. The van der Waals surface area contributed by atoms with Gasteiger partial charge in [-0.15, -0.1) is 0 Å². The van der Waals surface area contributed by atoms with Crippen LogP contribution in [0, 0.1) is 5.92 Å². The van der Waals surface area contributed by atoms with Crippen LogP contribution in [0.4, 0.5) is 0 Å². The van der Waals surface area contributed by atoms with Crippen LogP contribution >= 0.6 is 0 Å². The van der Waals surface area contributed by atoms with Gasteiger partial charge in [0.25, 0.3) is 0 Å². The first-order valence-corrected chi connectivity index (χ1v) is 7.71. The molecule has 120 valence electrons. The number of likely N-dealkylation sites (N-methyl/N-ethyl adjacent to an activating group) is 1. The lowest BCUT2D eigenvalue weighted by atomic mass is 9.91. The van der Waals surface area contributed by atoms with E-state index in [4.69, 9.17) is 9.47 Å².